The minimum Gasteiger partial charge on any atom is -0.351 e. The number of aromatic nitrogens is 3. The molecule has 0 radical (unpaired) electrons. The molecule has 2 aromatic carbocycles. The molecule has 1 saturated heterocycles. The van der Waals surface area contributed by atoms with Crippen LogP contribution in [0.3, 0.4) is 0 Å². The molecule has 7 N–H and O–H groups in total. The lowest BCUT2D eigenvalue weighted by Gasteiger charge is -2.11. The van der Waals surface area contributed by atoms with Crippen molar-refractivity contribution in [2.24, 2.45) is 5.73 Å². The van der Waals surface area contributed by atoms with Crippen molar-refractivity contribution in [2.45, 2.75) is 18.9 Å². The highest BCUT2D eigenvalue weighted by molar-refractivity contribution is 5.98. The third kappa shape index (κ3) is 4.76. The number of benzene rings is 2. The summed E-state index contributed by atoms with van der Waals surface area (Å²) < 4.78 is 0. The summed E-state index contributed by atoms with van der Waals surface area (Å²) >= 11 is 0. The van der Waals surface area contributed by atoms with Crippen LogP contribution < -0.4 is 27.2 Å². The van der Waals surface area contributed by atoms with Crippen molar-refractivity contribution < 1.29 is 4.79 Å². The third-order valence-electron chi connectivity index (χ3n) is 5.99. The van der Waals surface area contributed by atoms with Crippen LogP contribution in [0.4, 0.5) is 11.5 Å². The average Bonchev–Trinajstić information content (AvgIpc) is 3.54. The second-order valence-electron chi connectivity index (χ2n) is 8.57. The molecule has 1 aliphatic heterocycles. The van der Waals surface area contributed by atoms with Gasteiger partial charge < -0.3 is 21.4 Å². The molecule has 0 spiro atoms. The highest BCUT2D eigenvalue weighted by atomic mass is 16.1. The molecule has 0 bridgehead atoms. The maximum absolute atomic E-state index is 12.4. The van der Waals surface area contributed by atoms with Gasteiger partial charge in [-0.3, -0.25) is 15.6 Å². The number of hydrazine groups is 1. The van der Waals surface area contributed by atoms with Crippen LogP contribution in [0.2, 0.25) is 0 Å². The summed E-state index contributed by atoms with van der Waals surface area (Å²) in [5, 5.41) is 7.17. The molecule has 9 heteroatoms. The Morgan fingerprint density at radius 1 is 1.12 bits per heavy atom. The number of aromatic amines is 1. The molecular weight excluding hydrogens is 428 g/mol. The van der Waals surface area contributed by atoms with Crippen molar-refractivity contribution >= 4 is 28.3 Å². The topological polar surface area (TPSA) is 133 Å². The number of nitrogens with two attached hydrogens (primary N) is 1. The number of H-pyrrole nitrogens is 1. The third-order valence-corrected chi connectivity index (χ3v) is 5.99. The molecule has 1 fully saturated rings. The zero-order chi connectivity index (χ0) is 23.5. The second kappa shape index (κ2) is 9.60. The molecule has 0 aliphatic carbocycles. The maximum Gasteiger partial charge on any atom is 0.267 e. The summed E-state index contributed by atoms with van der Waals surface area (Å²) in [7, 11) is 0. The van der Waals surface area contributed by atoms with Crippen LogP contribution in [0.15, 0.2) is 60.8 Å². The van der Waals surface area contributed by atoms with Crippen LogP contribution in [0, 0.1) is 0 Å². The Labute approximate surface area is 197 Å². The van der Waals surface area contributed by atoms with E-state index < -0.39 is 0 Å². The maximum atomic E-state index is 12.4. The zero-order valence-corrected chi connectivity index (χ0v) is 18.9. The fraction of sp³-hybridized carbons (Fsp3) is 0.240. The molecule has 34 heavy (non-hydrogen) atoms. The molecule has 5 rings (SSSR count). The van der Waals surface area contributed by atoms with Gasteiger partial charge in [-0.15, -0.1) is 0 Å². The smallest absolute Gasteiger partial charge is 0.267 e. The van der Waals surface area contributed by atoms with Crippen LogP contribution in [0.25, 0.3) is 22.3 Å². The van der Waals surface area contributed by atoms with Gasteiger partial charge in [0.2, 0.25) is 0 Å². The summed E-state index contributed by atoms with van der Waals surface area (Å²) in [6.07, 6.45) is 1.74. The van der Waals surface area contributed by atoms with E-state index in [4.69, 9.17) is 5.73 Å². The van der Waals surface area contributed by atoms with Crippen molar-refractivity contribution in [1.82, 2.24) is 31.1 Å². The number of carbonyl (C=O) groups excluding carboxylic acids is 1. The normalized spacial score (nSPS) is 14.9. The predicted octanol–water partition coefficient (Wildman–Crippen LogP) is 2.64. The summed E-state index contributed by atoms with van der Waals surface area (Å²) in [5.41, 5.74) is 16.4. The van der Waals surface area contributed by atoms with Gasteiger partial charge in [-0.25, -0.2) is 9.97 Å². The number of nitrogens with one attached hydrogen (secondary N) is 5. The van der Waals surface area contributed by atoms with E-state index >= 15 is 0 Å². The van der Waals surface area contributed by atoms with Gasteiger partial charge in [-0.1, -0.05) is 24.3 Å². The number of hydrogen-bond donors (Lipinski definition) is 6. The van der Waals surface area contributed by atoms with E-state index in [1.807, 2.05) is 37.3 Å². The Bertz CT molecular complexity index is 1290. The van der Waals surface area contributed by atoms with E-state index in [-0.39, 0.29) is 11.9 Å². The van der Waals surface area contributed by atoms with Crippen LogP contribution in [-0.2, 0) is 0 Å². The minimum absolute atomic E-state index is 0.0916. The monoisotopic (exact) mass is 456 g/mol. The summed E-state index contributed by atoms with van der Waals surface area (Å²) in [6, 6.07) is 17.9. The first-order chi connectivity index (χ1) is 16.6. The van der Waals surface area contributed by atoms with Gasteiger partial charge in [-0.05, 0) is 42.8 Å². The minimum atomic E-state index is -0.176. The highest BCUT2D eigenvalue weighted by Crippen LogP contribution is 2.25. The zero-order valence-electron chi connectivity index (χ0n) is 18.9. The number of fused-ring (bicyclic) bond motifs is 1. The van der Waals surface area contributed by atoms with Crippen molar-refractivity contribution in [2.75, 3.05) is 25.0 Å². The summed E-state index contributed by atoms with van der Waals surface area (Å²) in [4.78, 5) is 24.7. The van der Waals surface area contributed by atoms with Crippen molar-refractivity contribution in [3.05, 3.63) is 72.1 Å². The number of nitrogens with zero attached hydrogens (tertiary/aromatic N) is 2. The van der Waals surface area contributed by atoms with Crippen molar-refractivity contribution in [3.8, 4) is 11.4 Å². The molecule has 3 heterocycles. The van der Waals surface area contributed by atoms with Gasteiger partial charge >= 0.3 is 0 Å². The first-order valence-corrected chi connectivity index (χ1v) is 11.4. The molecular formula is C25H28N8O. The molecule has 4 aromatic rings. The Morgan fingerprint density at radius 3 is 2.68 bits per heavy atom. The molecule has 0 saturated carbocycles. The number of anilines is 2. The summed E-state index contributed by atoms with van der Waals surface area (Å²) in [5.74, 6) is 1.62. The van der Waals surface area contributed by atoms with Gasteiger partial charge in [0, 0.05) is 59.9 Å². The lowest BCUT2D eigenvalue weighted by Crippen LogP contribution is -2.37. The van der Waals surface area contributed by atoms with Gasteiger partial charge in [0.15, 0.2) is 5.82 Å². The molecule has 0 unspecified atom stereocenters. The summed E-state index contributed by atoms with van der Waals surface area (Å²) in [6.45, 7) is 4.13. The Kier molecular flexibility index (Phi) is 6.22. The van der Waals surface area contributed by atoms with Crippen LogP contribution in [0.1, 0.15) is 28.9 Å². The van der Waals surface area contributed by atoms with E-state index in [9.17, 15) is 4.79 Å². The lowest BCUT2D eigenvalue weighted by atomic mass is 10.0. The predicted molar refractivity (Wildman–Crippen MR) is 134 cm³/mol. The number of hydrogen-bond acceptors (Lipinski definition) is 7. The van der Waals surface area contributed by atoms with E-state index in [0.29, 0.717) is 29.8 Å². The molecule has 174 valence electrons. The van der Waals surface area contributed by atoms with Crippen LogP contribution >= 0.6 is 0 Å². The van der Waals surface area contributed by atoms with Crippen molar-refractivity contribution in [3.63, 3.8) is 0 Å². The second-order valence-corrected chi connectivity index (χ2v) is 8.57. The van der Waals surface area contributed by atoms with Gasteiger partial charge in [-0.2, -0.15) is 0 Å². The van der Waals surface area contributed by atoms with E-state index in [1.165, 1.54) is 5.56 Å². The van der Waals surface area contributed by atoms with Gasteiger partial charge in [0.1, 0.15) is 11.5 Å². The van der Waals surface area contributed by atoms with E-state index in [1.54, 1.807) is 6.20 Å². The average molecular weight is 457 g/mol. The number of rotatable bonds is 7. The Hall–Kier alpha value is -3.79. The molecule has 9 nitrogen and oxygen atoms in total. The Balaban J connectivity index is 1.33. The molecule has 1 aliphatic rings. The van der Waals surface area contributed by atoms with Crippen LogP contribution in [-0.4, -0.2) is 46.5 Å². The van der Waals surface area contributed by atoms with E-state index in [2.05, 4.69) is 60.7 Å². The SMILES string of the molecule is C[C@H](CN)NC(=O)c1cc2ccc(-c3nccc(Nc4ccc(C5CNNC5)cc4)n3)cc2[nH]1. The van der Waals surface area contributed by atoms with Crippen molar-refractivity contribution in [1.29, 1.82) is 0 Å². The largest absolute Gasteiger partial charge is 0.351 e. The fourth-order valence-electron chi connectivity index (χ4n) is 4.00. The number of carbonyl (C=O) groups is 1. The van der Waals surface area contributed by atoms with E-state index in [0.717, 1.165) is 35.2 Å². The van der Waals surface area contributed by atoms with Gasteiger partial charge in [0.05, 0.1) is 0 Å². The first kappa shape index (κ1) is 22.0. The highest BCUT2D eigenvalue weighted by Gasteiger charge is 2.16. The van der Waals surface area contributed by atoms with Crippen LogP contribution in [0.5, 0.6) is 0 Å². The van der Waals surface area contributed by atoms with Gasteiger partial charge in [0.25, 0.3) is 5.91 Å². The fourth-order valence-corrected chi connectivity index (χ4v) is 4.00. The Morgan fingerprint density at radius 2 is 1.91 bits per heavy atom. The molecule has 1 atom stereocenters. The lowest BCUT2D eigenvalue weighted by molar-refractivity contribution is 0.0937. The standard InChI is InChI=1S/C25H28N8O/c1-15(12-26)30-25(34)22-10-17-2-3-18(11-21(17)32-22)24-27-9-8-23(33-24)31-20-6-4-16(5-7-20)19-13-28-29-14-19/h2-11,15,19,28-29,32H,12-14,26H2,1H3,(H,30,34)(H,27,31,33)/t15-/m1/s1. The quantitative estimate of drug-likeness (QED) is 0.252. The first-order valence-electron chi connectivity index (χ1n) is 11.4. The number of amides is 1. The molecule has 1 amide bonds. The molecule has 2 aromatic heterocycles.